The van der Waals surface area contributed by atoms with Crippen molar-refractivity contribution in [2.45, 2.75) is 87.9 Å². The van der Waals surface area contributed by atoms with Gasteiger partial charge in [-0.25, -0.2) is 9.18 Å². The Morgan fingerprint density at radius 3 is 2.75 bits per heavy atom. The number of benzene rings is 1. The monoisotopic (exact) mass is 507 g/mol. The van der Waals surface area contributed by atoms with Crippen molar-refractivity contribution < 1.29 is 24.1 Å². The standard InChI is InChI=1S/C28H46FN3O4/c1-30-20-25(19-27(34)13-4-3-5-14-27)31-26(33)32-16-9-11-23(21-32)28(35,15-6-7-17-36-2)22-10-8-12-24(29)18-22/h8,10,12,18,23,25,30,34-35H,3-7,9,11,13-17,19-21H2,1-2H3,(H,31,33). The molecule has 1 saturated heterocycles. The predicted molar refractivity (Wildman–Crippen MR) is 139 cm³/mol. The highest BCUT2D eigenvalue weighted by molar-refractivity contribution is 5.74. The van der Waals surface area contributed by atoms with Crippen LogP contribution < -0.4 is 10.6 Å². The highest BCUT2D eigenvalue weighted by Gasteiger charge is 2.42. The highest BCUT2D eigenvalue weighted by Crippen LogP contribution is 2.40. The van der Waals surface area contributed by atoms with Crippen LogP contribution in [0.3, 0.4) is 0 Å². The van der Waals surface area contributed by atoms with E-state index >= 15 is 0 Å². The number of aliphatic hydroxyl groups is 2. The Bertz CT molecular complexity index is 820. The summed E-state index contributed by atoms with van der Waals surface area (Å²) >= 11 is 0. The largest absolute Gasteiger partial charge is 0.390 e. The first-order valence-corrected chi connectivity index (χ1v) is 13.7. The van der Waals surface area contributed by atoms with Crippen molar-refractivity contribution in [3.8, 4) is 0 Å². The molecular formula is C28H46FN3O4. The van der Waals surface area contributed by atoms with Crippen molar-refractivity contribution >= 4 is 6.03 Å². The number of carbonyl (C=O) groups is 1. The summed E-state index contributed by atoms with van der Waals surface area (Å²) in [6, 6.07) is 5.88. The van der Waals surface area contributed by atoms with Gasteiger partial charge in [0.25, 0.3) is 0 Å². The zero-order valence-electron chi connectivity index (χ0n) is 22.1. The minimum Gasteiger partial charge on any atom is -0.390 e. The maximum atomic E-state index is 14.1. The Morgan fingerprint density at radius 1 is 1.28 bits per heavy atom. The number of amides is 2. The fourth-order valence-corrected chi connectivity index (χ4v) is 6.09. The third-order valence-corrected chi connectivity index (χ3v) is 8.05. The zero-order valence-corrected chi connectivity index (χ0v) is 22.1. The molecule has 0 aromatic heterocycles. The van der Waals surface area contributed by atoms with Crippen molar-refractivity contribution in [3.05, 3.63) is 35.6 Å². The van der Waals surface area contributed by atoms with Gasteiger partial charge in [0, 0.05) is 45.3 Å². The SMILES string of the molecule is CNCC(CC1(O)CCCCC1)NC(=O)N1CCCC(C(O)(CCCCOC)c2cccc(F)c2)C1. The van der Waals surface area contributed by atoms with Gasteiger partial charge < -0.3 is 30.5 Å². The van der Waals surface area contributed by atoms with Crippen LogP contribution in [-0.4, -0.2) is 73.2 Å². The Kier molecular flexibility index (Phi) is 11.0. The average Bonchev–Trinajstić information content (AvgIpc) is 2.87. The molecule has 2 amide bonds. The van der Waals surface area contributed by atoms with Gasteiger partial charge in [-0.1, -0.05) is 31.4 Å². The number of likely N-dealkylation sites (tertiary alicyclic amines) is 1. The van der Waals surface area contributed by atoms with Crippen molar-refractivity contribution in [2.24, 2.45) is 5.92 Å². The molecular weight excluding hydrogens is 461 g/mol. The van der Waals surface area contributed by atoms with E-state index in [-0.39, 0.29) is 23.8 Å². The van der Waals surface area contributed by atoms with E-state index in [1.165, 1.54) is 12.1 Å². The molecule has 1 aromatic carbocycles. The summed E-state index contributed by atoms with van der Waals surface area (Å²) in [7, 11) is 3.51. The van der Waals surface area contributed by atoms with Crippen LogP contribution in [0.2, 0.25) is 0 Å². The number of piperidine rings is 1. The van der Waals surface area contributed by atoms with E-state index in [4.69, 9.17) is 4.74 Å². The van der Waals surface area contributed by atoms with E-state index in [0.29, 0.717) is 44.6 Å². The Labute approximate surface area is 215 Å². The number of hydrogen-bond donors (Lipinski definition) is 4. The molecule has 4 N–H and O–H groups in total. The summed E-state index contributed by atoms with van der Waals surface area (Å²) in [5.74, 6) is -0.574. The molecule has 2 aliphatic rings. The molecule has 1 aliphatic carbocycles. The second-order valence-electron chi connectivity index (χ2n) is 10.9. The second kappa shape index (κ2) is 13.7. The van der Waals surface area contributed by atoms with Gasteiger partial charge in [-0.15, -0.1) is 0 Å². The minimum absolute atomic E-state index is 0.166. The van der Waals surface area contributed by atoms with Crippen LogP contribution in [0.15, 0.2) is 24.3 Å². The Morgan fingerprint density at radius 2 is 2.06 bits per heavy atom. The molecule has 0 radical (unpaired) electrons. The number of halogens is 1. The van der Waals surface area contributed by atoms with E-state index < -0.39 is 11.2 Å². The van der Waals surface area contributed by atoms with Crippen molar-refractivity contribution in [1.82, 2.24) is 15.5 Å². The fourth-order valence-electron chi connectivity index (χ4n) is 6.09. The van der Waals surface area contributed by atoms with Gasteiger partial charge in [-0.2, -0.15) is 0 Å². The van der Waals surface area contributed by atoms with Gasteiger partial charge >= 0.3 is 6.03 Å². The summed E-state index contributed by atoms with van der Waals surface area (Å²) in [5, 5.41) is 29.3. The highest BCUT2D eigenvalue weighted by atomic mass is 19.1. The van der Waals surface area contributed by atoms with Gasteiger partial charge in [0.15, 0.2) is 0 Å². The van der Waals surface area contributed by atoms with Crippen LogP contribution in [0.25, 0.3) is 0 Å². The number of methoxy groups -OCH3 is 1. The molecule has 3 atom stereocenters. The molecule has 3 rings (SSSR count). The quantitative estimate of drug-likeness (QED) is 0.322. The van der Waals surface area contributed by atoms with Crippen molar-refractivity contribution in [3.63, 3.8) is 0 Å². The third kappa shape index (κ3) is 7.88. The molecule has 204 valence electrons. The summed E-state index contributed by atoms with van der Waals surface area (Å²) in [5.41, 5.74) is -1.38. The number of nitrogens with one attached hydrogen (secondary N) is 2. The van der Waals surface area contributed by atoms with E-state index in [0.717, 1.165) is 57.8 Å². The maximum Gasteiger partial charge on any atom is 0.317 e. The lowest BCUT2D eigenvalue weighted by Crippen LogP contribution is -2.55. The predicted octanol–water partition coefficient (Wildman–Crippen LogP) is 3.92. The van der Waals surface area contributed by atoms with Crippen molar-refractivity contribution in [2.75, 3.05) is 40.4 Å². The number of rotatable bonds is 12. The van der Waals surface area contributed by atoms with E-state index in [2.05, 4.69) is 10.6 Å². The first-order valence-electron chi connectivity index (χ1n) is 13.7. The normalized spacial score (nSPS) is 22.6. The van der Waals surface area contributed by atoms with Gasteiger partial charge in [0.05, 0.1) is 11.2 Å². The number of carbonyl (C=O) groups excluding carboxylic acids is 1. The Hall–Kier alpha value is -1.74. The number of nitrogens with zero attached hydrogens (tertiary/aromatic N) is 1. The third-order valence-electron chi connectivity index (χ3n) is 8.05. The zero-order chi connectivity index (χ0) is 26.0. The molecule has 7 nitrogen and oxygen atoms in total. The molecule has 3 unspecified atom stereocenters. The van der Waals surface area contributed by atoms with E-state index in [1.54, 1.807) is 24.1 Å². The van der Waals surface area contributed by atoms with Crippen LogP contribution in [0.1, 0.15) is 76.2 Å². The number of urea groups is 1. The number of hydrogen-bond acceptors (Lipinski definition) is 5. The van der Waals surface area contributed by atoms with Gasteiger partial charge in [0.2, 0.25) is 0 Å². The van der Waals surface area contributed by atoms with Crippen LogP contribution in [0, 0.1) is 11.7 Å². The van der Waals surface area contributed by atoms with E-state index in [9.17, 15) is 19.4 Å². The van der Waals surface area contributed by atoms with Crippen LogP contribution in [0.4, 0.5) is 9.18 Å². The van der Waals surface area contributed by atoms with Crippen molar-refractivity contribution in [1.29, 1.82) is 0 Å². The smallest absolute Gasteiger partial charge is 0.317 e. The molecule has 1 saturated carbocycles. The molecule has 0 bridgehead atoms. The number of likely N-dealkylation sites (N-methyl/N-ethyl adjacent to an activating group) is 1. The molecule has 0 spiro atoms. The summed E-state index contributed by atoms with van der Waals surface area (Å²) in [6.45, 7) is 2.21. The summed E-state index contributed by atoms with van der Waals surface area (Å²) in [4.78, 5) is 15.1. The lowest BCUT2D eigenvalue weighted by atomic mass is 9.74. The summed E-state index contributed by atoms with van der Waals surface area (Å²) in [6.07, 6.45) is 8.85. The van der Waals surface area contributed by atoms with Crippen LogP contribution >= 0.6 is 0 Å². The molecule has 8 heteroatoms. The minimum atomic E-state index is -1.23. The lowest BCUT2D eigenvalue weighted by molar-refractivity contribution is -0.0567. The number of unbranched alkanes of at least 4 members (excludes halogenated alkanes) is 1. The lowest BCUT2D eigenvalue weighted by Gasteiger charge is -2.43. The number of ether oxygens (including phenoxy) is 1. The molecule has 1 heterocycles. The maximum absolute atomic E-state index is 14.1. The van der Waals surface area contributed by atoms with E-state index in [1.807, 2.05) is 7.05 Å². The Balaban J connectivity index is 1.70. The summed E-state index contributed by atoms with van der Waals surface area (Å²) < 4.78 is 19.3. The molecule has 36 heavy (non-hydrogen) atoms. The van der Waals surface area contributed by atoms with Gasteiger partial charge in [-0.3, -0.25) is 0 Å². The van der Waals surface area contributed by atoms with Crippen LogP contribution in [-0.2, 0) is 10.3 Å². The first kappa shape index (κ1) is 28.8. The van der Waals surface area contributed by atoms with Gasteiger partial charge in [0.1, 0.15) is 5.82 Å². The molecule has 1 aliphatic heterocycles. The fraction of sp³-hybridized carbons (Fsp3) is 0.750. The van der Waals surface area contributed by atoms with Crippen LogP contribution in [0.5, 0.6) is 0 Å². The second-order valence-corrected chi connectivity index (χ2v) is 10.9. The molecule has 1 aromatic rings. The van der Waals surface area contributed by atoms with Gasteiger partial charge in [-0.05, 0) is 76.1 Å². The molecule has 2 fully saturated rings. The average molecular weight is 508 g/mol. The first-order chi connectivity index (χ1) is 17.3. The topological polar surface area (TPSA) is 94.1 Å².